The van der Waals surface area contributed by atoms with Gasteiger partial charge in [-0.05, 0) is 25.7 Å². The van der Waals surface area contributed by atoms with E-state index in [-0.39, 0.29) is 0 Å². The zero-order valence-electron chi connectivity index (χ0n) is 21.2. The SMILES string of the molecule is [CH2]CCCCC/C=C/CCCCCCCCCCCCCCCCCCCCCC. The predicted molar refractivity (Wildman–Crippen MR) is 140 cm³/mol. The predicted octanol–water partition coefficient (Wildman–Crippen LogP) is 11.5. The zero-order valence-corrected chi connectivity index (χ0v) is 21.2. The number of hydrogen-bond acceptors (Lipinski definition) is 0. The maximum Gasteiger partial charge on any atom is -0.0351 e. The maximum atomic E-state index is 3.90. The Morgan fingerprint density at radius 2 is 0.633 bits per heavy atom. The minimum absolute atomic E-state index is 1.10. The van der Waals surface area contributed by atoms with E-state index in [2.05, 4.69) is 26.0 Å². The molecule has 0 fully saturated rings. The quantitative estimate of drug-likeness (QED) is 0.0965. The van der Waals surface area contributed by atoms with Crippen molar-refractivity contribution in [1.29, 1.82) is 0 Å². The van der Waals surface area contributed by atoms with E-state index in [1.165, 1.54) is 161 Å². The zero-order chi connectivity index (χ0) is 21.8. The minimum atomic E-state index is 1.10. The third kappa shape index (κ3) is 27.7. The van der Waals surface area contributed by atoms with Crippen LogP contribution in [0.1, 0.15) is 174 Å². The Morgan fingerprint density at radius 3 is 0.933 bits per heavy atom. The number of allylic oxidation sites excluding steroid dienone is 2. The van der Waals surface area contributed by atoms with Crippen LogP contribution in [0.15, 0.2) is 12.2 Å². The summed E-state index contributed by atoms with van der Waals surface area (Å²) in [6, 6.07) is 0. The molecule has 0 saturated heterocycles. The Morgan fingerprint density at radius 1 is 0.367 bits per heavy atom. The summed E-state index contributed by atoms with van der Waals surface area (Å²) >= 11 is 0. The number of unbranched alkanes of at least 4 members (excludes halogenated alkanes) is 24. The average molecular weight is 420 g/mol. The summed E-state index contributed by atoms with van der Waals surface area (Å²) in [6.07, 6.45) is 41.8. The first-order chi connectivity index (χ1) is 14.9. The first-order valence-corrected chi connectivity index (χ1v) is 14.4. The summed E-state index contributed by atoms with van der Waals surface area (Å²) in [5, 5.41) is 0. The molecule has 0 aromatic rings. The van der Waals surface area contributed by atoms with Crippen molar-refractivity contribution in [2.24, 2.45) is 0 Å². The topological polar surface area (TPSA) is 0 Å². The van der Waals surface area contributed by atoms with Gasteiger partial charge < -0.3 is 0 Å². The molecule has 0 aliphatic rings. The molecule has 0 N–H and O–H groups in total. The molecule has 30 heavy (non-hydrogen) atoms. The van der Waals surface area contributed by atoms with Crippen LogP contribution in [0.2, 0.25) is 0 Å². The van der Waals surface area contributed by atoms with Gasteiger partial charge in [-0.15, -0.1) is 0 Å². The Bertz CT molecular complexity index is 303. The molecule has 0 rings (SSSR count). The molecule has 179 valence electrons. The summed E-state index contributed by atoms with van der Waals surface area (Å²) in [5.74, 6) is 0. The van der Waals surface area contributed by atoms with Crippen LogP contribution in [0.5, 0.6) is 0 Å². The lowest BCUT2D eigenvalue weighted by molar-refractivity contribution is 0.522. The first kappa shape index (κ1) is 29.7. The van der Waals surface area contributed by atoms with Crippen molar-refractivity contribution in [3.05, 3.63) is 19.1 Å². The van der Waals surface area contributed by atoms with Crippen molar-refractivity contribution >= 4 is 0 Å². The molecule has 0 aromatic carbocycles. The molecule has 0 nitrogen and oxygen atoms in total. The molecule has 0 aromatic heterocycles. The van der Waals surface area contributed by atoms with Gasteiger partial charge in [0.15, 0.2) is 0 Å². The molecular weight excluding hydrogens is 360 g/mol. The van der Waals surface area contributed by atoms with Gasteiger partial charge in [-0.25, -0.2) is 0 Å². The highest BCUT2D eigenvalue weighted by Crippen LogP contribution is 2.15. The highest BCUT2D eigenvalue weighted by molar-refractivity contribution is 4.81. The van der Waals surface area contributed by atoms with Gasteiger partial charge in [0.25, 0.3) is 0 Å². The van der Waals surface area contributed by atoms with Crippen molar-refractivity contribution in [3.8, 4) is 0 Å². The smallest absolute Gasteiger partial charge is 0.0351 e. The Kier molecular flexibility index (Phi) is 28.5. The van der Waals surface area contributed by atoms with Gasteiger partial charge in [-0.1, -0.05) is 167 Å². The summed E-state index contributed by atoms with van der Waals surface area (Å²) in [5.41, 5.74) is 0. The molecule has 1 radical (unpaired) electrons. The molecule has 0 heteroatoms. The highest BCUT2D eigenvalue weighted by Gasteiger charge is 1.95. The molecule has 0 aliphatic carbocycles. The van der Waals surface area contributed by atoms with Crippen molar-refractivity contribution in [2.75, 3.05) is 0 Å². The Labute approximate surface area is 193 Å². The molecule has 0 saturated carbocycles. The van der Waals surface area contributed by atoms with Gasteiger partial charge in [-0.2, -0.15) is 0 Å². The summed E-state index contributed by atoms with van der Waals surface area (Å²) in [7, 11) is 0. The first-order valence-electron chi connectivity index (χ1n) is 14.4. The van der Waals surface area contributed by atoms with Gasteiger partial charge in [0.2, 0.25) is 0 Å². The van der Waals surface area contributed by atoms with Crippen LogP contribution in [0.4, 0.5) is 0 Å². The fraction of sp³-hybridized carbons (Fsp3) is 0.900. The number of rotatable bonds is 26. The van der Waals surface area contributed by atoms with E-state index >= 15 is 0 Å². The monoisotopic (exact) mass is 419 g/mol. The average Bonchev–Trinajstić information content (AvgIpc) is 2.76. The van der Waals surface area contributed by atoms with Gasteiger partial charge >= 0.3 is 0 Å². The minimum Gasteiger partial charge on any atom is -0.0885 e. The fourth-order valence-electron chi connectivity index (χ4n) is 4.37. The van der Waals surface area contributed by atoms with Crippen LogP contribution in [-0.2, 0) is 0 Å². The Hall–Kier alpha value is -0.260. The van der Waals surface area contributed by atoms with Crippen molar-refractivity contribution in [1.82, 2.24) is 0 Å². The van der Waals surface area contributed by atoms with Gasteiger partial charge in [-0.3, -0.25) is 0 Å². The Balaban J connectivity index is 3.02. The van der Waals surface area contributed by atoms with E-state index in [4.69, 9.17) is 0 Å². The van der Waals surface area contributed by atoms with E-state index < -0.39 is 0 Å². The van der Waals surface area contributed by atoms with Crippen LogP contribution in [-0.4, -0.2) is 0 Å². The highest BCUT2D eigenvalue weighted by atomic mass is 14.0. The summed E-state index contributed by atoms with van der Waals surface area (Å²) < 4.78 is 0. The normalized spacial score (nSPS) is 11.7. The lowest BCUT2D eigenvalue weighted by Crippen LogP contribution is -1.84. The molecular formula is C30H59. The number of hydrogen-bond donors (Lipinski definition) is 0. The van der Waals surface area contributed by atoms with Crippen LogP contribution < -0.4 is 0 Å². The van der Waals surface area contributed by atoms with E-state index in [1.807, 2.05) is 0 Å². The van der Waals surface area contributed by atoms with E-state index in [0.29, 0.717) is 0 Å². The second-order valence-electron chi connectivity index (χ2n) is 9.68. The molecule has 0 atom stereocenters. The van der Waals surface area contributed by atoms with Crippen LogP contribution in [0, 0.1) is 6.92 Å². The molecule has 0 heterocycles. The van der Waals surface area contributed by atoms with Gasteiger partial charge in [0.05, 0.1) is 0 Å². The van der Waals surface area contributed by atoms with Gasteiger partial charge in [0.1, 0.15) is 0 Å². The molecule has 0 unspecified atom stereocenters. The molecule has 0 spiro atoms. The van der Waals surface area contributed by atoms with Crippen LogP contribution in [0.25, 0.3) is 0 Å². The fourth-order valence-corrected chi connectivity index (χ4v) is 4.37. The van der Waals surface area contributed by atoms with Crippen molar-refractivity contribution in [2.45, 2.75) is 174 Å². The lowest BCUT2D eigenvalue weighted by Gasteiger charge is -2.04. The lowest BCUT2D eigenvalue weighted by atomic mass is 10.0. The van der Waals surface area contributed by atoms with E-state index in [1.54, 1.807) is 0 Å². The standard InChI is InChI=1S/C30H59/c1-3-5-7-9-11-13-15-17-19-21-23-25-27-29-30-28-26-24-22-20-18-16-14-12-10-8-6-4-2/h13,15H,1,3-12,14,16-30H2,2H3/b15-13+. The summed E-state index contributed by atoms with van der Waals surface area (Å²) in [6.45, 7) is 6.20. The second-order valence-corrected chi connectivity index (χ2v) is 9.68. The van der Waals surface area contributed by atoms with E-state index in [9.17, 15) is 0 Å². The van der Waals surface area contributed by atoms with Crippen molar-refractivity contribution in [3.63, 3.8) is 0 Å². The second kappa shape index (κ2) is 28.7. The van der Waals surface area contributed by atoms with Crippen LogP contribution >= 0.6 is 0 Å². The molecule has 0 aliphatic heterocycles. The maximum absolute atomic E-state index is 3.90. The van der Waals surface area contributed by atoms with E-state index in [0.717, 1.165) is 6.42 Å². The third-order valence-electron chi connectivity index (χ3n) is 6.51. The van der Waals surface area contributed by atoms with Crippen LogP contribution in [0.3, 0.4) is 0 Å². The molecule has 0 amide bonds. The largest absolute Gasteiger partial charge is 0.0885 e. The van der Waals surface area contributed by atoms with Gasteiger partial charge in [0, 0.05) is 0 Å². The summed E-state index contributed by atoms with van der Waals surface area (Å²) in [4.78, 5) is 0. The third-order valence-corrected chi connectivity index (χ3v) is 6.51. The van der Waals surface area contributed by atoms with Crippen molar-refractivity contribution < 1.29 is 0 Å². The molecule has 0 bridgehead atoms.